The summed E-state index contributed by atoms with van der Waals surface area (Å²) in [5, 5.41) is 11.8. The molecule has 1 aliphatic heterocycles. The Morgan fingerprint density at radius 2 is 1.73 bits per heavy atom. The first kappa shape index (κ1) is 28.0. The van der Waals surface area contributed by atoms with Gasteiger partial charge in [0.2, 0.25) is 5.78 Å². The zero-order valence-corrected chi connectivity index (χ0v) is 23.9. The first-order valence-electron chi connectivity index (χ1n) is 13.4. The van der Waals surface area contributed by atoms with Crippen molar-refractivity contribution in [2.45, 2.75) is 39.8 Å². The van der Waals surface area contributed by atoms with Crippen LogP contribution in [0.3, 0.4) is 0 Å². The lowest BCUT2D eigenvalue weighted by molar-refractivity contribution is -0.130. The highest BCUT2D eigenvalue weighted by Gasteiger charge is 2.44. The van der Waals surface area contributed by atoms with Crippen LogP contribution in [-0.2, 0) is 16.1 Å². The molecule has 41 heavy (non-hydrogen) atoms. The molecule has 3 aromatic carbocycles. The number of rotatable bonds is 9. The summed E-state index contributed by atoms with van der Waals surface area (Å²) >= 11 is 1.25. The smallest absolute Gasteiger partial charge is 0.338 e. The van der Waals surface area contributed by atoms with Gasteiger partial charge in [0.1, 0.15) is 5.01 Å². The summed E-state index contributed by atoms with van der Waals surface area (Å²) in [7, 11) is 0. The van der Waals surface area contributed by atoms with Crippen molar-refractivity contribution in [2.75, 3.05) is 6.61 Å². The quantitative estimate of drug-likeness (QED) is 0.177. The molecule has 1 aliphatic rings. The molecule has 7 nitrogen and oxygen atoms in total. The molecule has 0 fully saturated rings. The molecule has 0 spiro atoms. The zero-order valence-electron chi connectivity index (χ0n) is 23.1. The molecule has 1 N–H and O–H groups in total. The van der Waals surface area contributed by atoms with Crippen LogP contribution in [0.2, 0.25) is 0 Å². The van der Waals surface area contributed by atoms with Crippen molar-refractivity contribution < 1.29 is 24.2 Å². The van der Waals surface area contributed by atoms with Gasteiger partial charge in [-0.25, -0.2) is 9.78 Å². The van der Waals surface area contributed by atoms with Gasteiger partial charge in [-0.3, -0.25) is 9.59 Å². The van der Waals surface area contributed by atoms with E-state index in [0.717, 1.165) is 28.7 Å². The largest absolute Gasteiger partial charge is 0.503 e. The standard InChI is InChI=1S/C33H30N2O5S/c1-4-17-40-33(39)24-15-13-22(14-16-24)19-35-27(25-12-8-9-20(2)18-25)26(29(37)32(35)38)28(36)30-21(3)34-31(41-30)23-10-6-5-7-11-23/h5-16,18,27,37H,4,17,19H2,1-3H3. The lowest BCUT2D eigenvalue weighted by Gasteiger charge is -2.27. The zero-order chi connectivity index (χ0) is 29.1. The van der Waals surface area contributed by atoms with E-state index < -0.39 is 29.5 Å². The van der Waals surface area contributed by atoms with Crippen LogP contribution in [0.1, 0.15) is 61.8 Å². The highest BCUT2D eigenvalue weighted by molar-refractivity contribution is 7.17. The Bertz CT molecular complexity index is 1640. The van der Waals surface area contributed by atoms with Crippen LogP contribution in [0.4, 0.5) is 0 Å². The molecule has 8 heteroatoms. The van der Waals surface area contributed by atoms with Gasteiger partial charge in [0.05, 0.1) is 34.4 Å². The third-order valence-electron chi connectivity index (χ3n) is 6.91. The second kappa shape index (κ2) is 11.9. The first-order chi connectivity index (χ1) is 19.8. The topological polar surface area (TPSA) is 96.8 Å². The molecular formula is C33H30N2O5S. The molecule has 1 atom stereocenters. The molecule has 208 valence electrons. The van der Waals surface area contributed by atoms with Gasteiger partial charge in [-0.1, -0.05) is 79.2 Å². The van der Waals surface area contributed by atoms with Crippen LogP contribution in [-0.4, -0.2) is 39.3 Å². The van der Waals surface area contributed by atoms with Crippen molar-refractivity contribution >= 4 is 29.0 Å². The summed E-state index contributed by atoms with van der Waals surface area (Å²) in [5.74, 6) is -2.02. The summed E-state index contributed by atoms with van der Waals surface area (Å²) in [6.45, 7) is 6.09. The molecule has 0 saturated heterocycles. The summed E-state index contributed by atoms with van der Waals surface area (Å²) in [4.78, 5) is 46.3. The first-order valence-corrected chi connectivity index (χ1v) is 14.2. The SMILES string of the molecule is CCCOC(=O)c1ccc(CN2C(=O)C(O)=C(C(=O)c3sc(-c4ccccc4)nc3C)C2c2cccc(C)c2)cc1. The second-order valence-electron chi connectivity index (χ2n) is 9.97. The molecule has 5 rings (SSSR count). The maximum atomic E-state index is 14.1. The normalized spacial score (nSPS) is 15.0. The van der Waals surface area contributed by atoms with E-state index in [1.165, 1.54) is 16.2 Å². The number of ether oxygens (including phenoxy) is 1. The molecule has 2 heterocycles. The van der Waals surface area contributed by atoms with Gasteiger partial charge in [-0.05, 0) is 43.5 Å². The number of aliphatic hydroxyl groups excluding tert-OH is 1. The van der Waals surface area contributed by atoms with E-state index in [2.05, 4.69) is 4.98 Å². The fourth-order valence-corrected chi connectivity index (χ4v) is 5.92. The molecule has 1 amide bonds. The third-order valence-corrected chi connectivity index (χ3v) is 8.11. The van der Waals surface area contributed by atoms with Gasteiger partial charge in [0, 0.05) is 12.1 Å². The van der Waals surface area contributed by atoms with Gasteiger partial charge in [0.25, 0.3) is 5.91 Å². The van der Waals surface area contributed by atoms with Crippen LogP contribution in [0.5, 0.6) is 0 Å². The number of hydrogen-bond donors (Lipinski definition) is 1. The lowest BCUT2D eigenvalue weighted by Crippen LogP contribution is -2.30. The Balaban J connectivity index is 1.50. The van der Waals surface area contributed by atoms with Gasteiger partial charge >= 0.3 is 5.97 Å². The number of thiazole rings is 1. The molecule has 0 radical (unpaired) electrons. The van der Waals surface area contributed by atoms with Crippen LogP contribution in [0.15, 0.2) is 90.2 Å². The van der Waals surface area contributed by atoms with Crippen LogP contribution < -0.4 is 0 Å². The number of carbonyl (C=O) groups is 3. The minimum Gasteiger partial charge on any atom is -0.503 e. The van der Waals surface area contributed by atoms with Crippen molar-refractivity contribution in [2.24, 2.45) is 0 Å². The Morgan fingerprint density at radius 3 is 2.41 bits per heavy atom. The Hall–Kier alpha value is -4.56. The number of hydrogen-bond acceptors (Lipinski definition) is 7. The van der Waals surface area contributed by atoms with Gasteiger partial charge < -0.3 is 14.7 Å². The molecule has 0 saturated carbocycles. The number of aromatic nitrogens is 1. The summed E-state index contributed by atoms with van der Waals surface area (Å²) in [6, 6.07) is 23.2. The molecule has 0 aliphatic carbocycles. The Morgan fingerprint density at radius 1 is 1.00 bits per heavy atom. The monoisotopic (exact) mass is 566 g/mol. The number of benzene rings is 3. The van der Waals surface area contributed by atoms with E-state index in [1.54, 1.807) is 31.2 Å². The number of carbonyl (C=O) groups excluding carboxylic acids is 3. The summed E-state index contributed by atoms with van der Waals surface area (Å²) in [5.41, 5.74) is 4.30. The molecule has 1 aromatic heterocycles. The number of aliphatic hydroxyl groups is 1. The average molecular weight is 567 g/mol. The average Bonchev–Trinajstić information content (AvgIpc) is 3.49. The number of ketones is 1. The molecule has 0 bridgehead atoms. The van der Waals surface area contributed by atoms with E-state index >= 15 is 0 Å². The van der Waals surface area contributed by atoms with E-state index in [-0.39, 0.29) is 12.1 Å². The fourth-order valence-electron chi connectivity index (χ4n) is 4.89. The maximum absolute atomic E-state index is 14.1. The molecular weight excluding hydrogens is 536 g/mol. The van der Waals surface area contributed by atoms with Crippen LogP contribution >= 0.6 is 11.3 Å². The second-order valence-corrected chi connectivity index (χ2v) is 11.0. The number of aryl methyl sites for hydroxylation is 2. The van der Waals surface area contributed by atoms with Crippen LogP contribution in [0.25, 0.3) is 10.6 Å². The Labute approximate surface area is 242 Å². The van der Waals surface area contributed by atoms with E-state index in [0.29, 0.717) is 27.7 Å². The van der Waals surface area contributed by atoms with Crippen LogP contribution in [0, 0.1) is 13.8 Å². The molecule has 4 aromatic rings. The fraction of sp³-hybridized carbons (Fsp3) is 0.212. The minimum absolute atomic E-state index is 0.0340. The van der Waals surface area contributed by atoms with Crippen molar-refractivity contribution in [1.29, 1.82) is 0 Å². The van der Waals surface area contributed by atoms with E-state index in [4.69, 9.17) is 4.74 Å². The Kier molecular flexibility index (Phi) is 8.12. The minimum atomic E-state index is -0.800. The maximum Gasteiger partial charge on any atom is 0.338 e. The highest BCUT2D eigenvalue weighted by Crippen LogP contribution is 2.42. The van der Waals surface area contributed by atoms with Gasteiger partial charge in [-0.2, -0.15) is 0 Å². The predicted octanol–water partition coefficient (Wildman–Crippen LogP) is 6.77. The van der Waals surface area contributed by atoms with Crippen molar-refractivity contribution in [1.82, 2.24) is 9.88 Å². The molecule has 1 unspecified atom stereocenters. The van der Waals surface area contributed by atoms with Crippen molar-refractivity contribution in [3.8, 4) is 10.6 Å². The number of amides is 1. The lowest BCUT2D eigenvalue weighted by atomic mass is 9.94. The summed E-state index contributed by atoms with van der Waals surface area (Å²) in [6.07, 6.45) is 0.730. The van der Waals surface area contributed by atoms with Crippen molar-refractivity contribution in [3.63, 3.8) is 0 Å². The number of esters is 1. The van der Waals surface area contributed by atoms with E-state index in [9.17, 15) is 19.5 Å². The number of nitrogens with zero attached hydrogens (tertiary/aromatic N) is 2. The van der Waals surface area contributed by atoms with E-state index in [1.807, 2.05) is 68.4 Å². The van der Waals surface area contributed by atoms with Gasteiger partial charge in [-0.15, -0.1) is 11.3 Å². The van der Waals surface area contributed by atoms with Crippen molar-refractivity contribution in [3.05, 3.63) is 123 Å². The predicted molar refractivity (Wildman–Crippen MR) is 158 cm³/mol. The summed E-state index contributed by atoms with van der Waals surface area (Å²) < 4.78 is 5.20. The third kappa shape index (κ3) is 5.69. The number of Topliss-reactive ketones (excluding diaryl/α,β-unsaturated/α-hetero) is 1. The van der Waals surface area contributed by atoms with Gasteiger partial charge in [0.15, 0.2) is 5.76 Å². The highest BCUT2D eigenvalue weighted by atomic mass is 32.1.